The van der Waals surface area contributed by atoms with Gasteiger partial charge in [0.1, 0.15) is 6.04 Å². The minimum Gasteiger partial charge on any atom is -0.480 e. The van der Waals surface area contributed by atoms with E-state index in [4.69, 9.17) is 5.26 Å². The molecule has 2 rings (SSSR count). The Morgan fingerprint density at radius 3 is 2.68 bits per heavy atom. The maximum absolute atomic E-state index is 11.3. The van der Waals surface area contributed by atoms with Crippen molar-refractivity contribution in [1.82, 2.24) is 4.90 Å². The Hall–Kier alpha value is -1.86. The molecular formula is C15H18N2O2. The third kappa shape index (κ3) is 3.55. The lowest BCUT2D eigenvalue weighted by molar-refractivity contribution is -0.143. The maximum Gasteiger partial charge on any atom is 0.320 e. The van der Waals surface area contributed by atoms with Crippen molar-refractivity contribution in [3.05, 3.63) is 35.4 Å². The number of benzene rings is 1. The van der Waals surface area contributed by atoms with Crippen molar-refractivity contribution < 1.29 is 9.90 Å². The van der Waals surface area contributed by atoms with E-state index in [1.54, 1.807) is 12.1 Å². The van der Waals surface area contributed by atoms with Crippen LogP contribution in [0.1, 0.15) is 36.8 Å². The summed E-state index contributed by atoms with van der Waals surface area (Å²) in [6.07, 6.45) is 3.88. The Labute approximate surface area is 113 Å². The fourth-order valence-corrected chi connectivity index (χ4v) is 2.56. The molecule has 1 heterocycles. The Balaban J connectivity index is 2.09. The smallest absolute Gasteiger partial charge is 0.320 e. The molecule has 0 amide bonds. The molecule has 19 heavy (non-hydrogen) atoms. The standard InChI is InChI=1S/C15H18N2O2/c16-10-12-5-7-13(8-6-12)11-17-9-3-1-2-4-14(17)15(18)19/h5-8,14H,1-4,9,11H2,(H,18,19). The fraction of sp³-hybridized carbons (Fsp3) is 0.467. The SMILES string of the molecule is N#Cc1ccc(CN2CCCCCC2C(=O)O)cc1. The number of likely N-dealkylation sites (tertiary alicyclic amines) is 1. The van der Waals surface area contributed by atoms with Gasteiger partial charge in [0.25, 0.3) is 0 Å². The molecule has 100 valence electrons. The first-order chi connectivity index (χ1) is 9.20. The second-order valence-corrected chi connectivity index (χ2v) is 4.98. The highest BCUT2D eigenvalue weighted by Crippen LogP contribution is 2.19. The van der Waals surface area contributed by atoms with Crippen LogP contribution in [-0.4, -0.2) is 28.6 Å². The van der Waals surface area contributed by atoms with E-state index in [0.717, 1.165) is 37.8 Å². The number of carboxylic acids is 1. The van der Waals surface area contributed by atoms with Crippen molar-refractivity contribution in [2.75, 3.05) is 6.54 Å². The summed E-state index contributed by atoms with van der Waals surface area (Å²) in [4.78, 5) is 13.4. The average Bonchev–Trinajstić information content (AvgIpc) is 2.65. The fourth-order valence-electron chi connectivity index (χ4n) is 2.56. The van der Waals surface area contributed by atoms with E-state index < -0.39 is 5.97 Å². The monoisotopic (exact) mass is 258 g/mol. The van der Waals surface area contributed by atoms with E-state index in [-0.39, 0.29) is 6.04 Å². The van der Waals surface area contributed by atoms with Crippen molar-refractivity contribution >= 4 is 5.97 Å². The largest absolute Gasteiger partial charge is 0.480 e. The lowest BCUT2D eigenvalue weighted by atomic mass is 10.1. The summed E-state index contributed by atoms with van der Waals surface area (Å²) in [7, 11) is 0. The molecule has 1 N–H and O–H groups in total. The molecule has 1 aromatic carbocycles. The number of hydrogen-bond acceptors (Lipinski definition) is 3. The van der Waals surface area contributed by atoms with Crippen LogP contribution in [0.25, 0.3) is 0 Å². The molecule has 4 heteroatoms. The third-order valence-corrected chi connectivity index (χ3v) is 3.62. The predicted octanol–water partition coefficient (Wildman–Crippen LogP) is 2.39. The second kappa shape index (κ2) is 6.35. The topological polar surface area (TPSA) is 64.3 Å². The summed E-state index contributed by atoms with van der Waals surface area (Å²) >= 11 is 0. The number of carbonyl (C=O) groups is 1. The molecule has 4 nitrogen and oxygen atoms in total. The summed E-state index contributed by atoms with van der Waals surface area (Å²) in [5, 5.41) is 18.1. The van der Waals surface area contributed by atoms with Crippen molar-refractivity contribution in [3.63, 3.8) is 0 Å². The molecule has 1 aromatic rings. The van der Waals surface area contributed by atoms with Crippen LogP contribution in [0, 0.1) is 11.3 Å². The minimum absolute atomic E-state index is 0.377. The van der Waals surface area contributed by atoms with Crippen LogP contribution in [-0.2, 0) is 11.3 Å². The maximum atomic E-state index is 11.3. The van der Waals surface area contributed by atoms with Crippen LogP contribution in [0.15, 0.2) is 24.3 Å². The van der Waals surface area contributed by atoms with E-state index in [1.165, 1.54) is 0 Å². The summed E-state index contributed by atoms with van der Waals surface area (Å²) in [5.41, 5.74) is 1.70. The number of hydrogen-bond donors (Lipinski definition) is 1. The highest BCUT2D eigenvalue weighted by Gasteiger charge is 2.26. The quantitative estimate of drug-likeness (QED) is 0.904. The van der Waals surface area contributed by atoms with Gasteiger partial charge in [-0.25, -0.2) is 0 Å². The van der Waals surface area contributed by atoms with Gasteiger partial charge < -0.3 is 5.11 Å². The summed E-state index contributed by atoms with van der Waals surface area (Å²) < 4.78 is 0. The van der Waals surface area contributed by atoms with Gasteiger partial charge in [-0.1, -0.05) is 25.0 Å². The Kier molecular flexibility index (Phi) is 4.53. The zero-order valence-electron chi connectivity index (χ0n) is 10.9. The van der Waals surface area contributed by atoms with Crippen LogP contribution in [0.5, 0.6) is 0 Å². The third-order valence-electron chi connectivity index (χ3n) is 3.62. The van der Waals surface area contributed by atoms with Gasteiger partial charge >= 0.3 is 5.97 Å². The van der Waals surface area contributed by atoms with Crippen LogP contribution < -0.4 is 0 Å². The van der Waals surface area contributed by atoms with E-state index in [0.29, 0.717) is 12.1 Å². The highest BCUT2D eigenvalue weighted by atomic mass is 16.4. The lowest BCUT2D eigenvalue weighted by Gasteiger charge is -2.26. The molecule has 0 aromatic heterocycles. The van der Waals surface area contributed by atoms with Crippen LogP contribution in [0.4, 0.5) is 0 Å². The molecule has 1 saturated heterocycles. The van der Waals surface area contributed by atoms with Gasteiger partial charge in [-0.05, 0) is 37.1 Å². The predicted molar refractivity (Wildman–Crippen MR) is 71.5 cm³/mol. The lowest BCUT2D eigenvalue weighted by Crippen LogP contribution is -2.40. The molecule has 0 radical (unpaired) electrons. The first-order valence-corrected chi connectivity index (χ1v) is 6.66. The normalized spacial score (nSPS) is 20.5. The minimum atomic E-state index is -0.726. The van der Waals surface area contributed by atoms with Crippen molar-refractivity contribution in [2.45, 2.75) is 38.3 Å². The van der Waals surface area contributed by atoms with Crippen molar-refractivity contribution in [3.8, 4) is 6.07 Å². The highest BCUT2D eigenvalue weighted by molar-refractivity contribution is 5.73. The molecule has 1 atom stereocenters. The van der Waals surface area contributed by atoms with Gasteiger partial charge in [0, 0.05) is 6.54 Å². The molecule has 0 bridgehead atoms. The first-order valence-electron chi connectivity index (χ1n) is 6.66. The Morgan fingerprint density at radius 1 is 1.32 bits per heavy atom. The number of rotatable bonds is 3. The van der Waals surface area contributed by atoms with Crippen LogP contribution >= 0.6 is 0 Å². The molecule has 1 aliphatic rings. The Morgan fingerprint density at radius 2 is 2.05 bits per heavy atom. The van der Waals surface area contributed by atoms with Gasteiger partial charge in [0.05, 0.1) is 11.6 Å². The molecule has 1 aliphatic heterocycles. The average molecular weight is 258 g/mol. The molecular weight excluding hydrogens is 240 g/mol. The van der Waals surface area contributed by atoms with E-state index in [9.17, 15) is 9.90 Å². The zero-order valence-corrected chi connectivity index (χ0v) is 10.9. The molecule has 1 fully saturated rings. The van der Waals surface area contributed by atoms with E-state index >= 15 is 0 Å². The number of nitrogens with zero attached hydrogens (tertiary/aromatic N) is 2. The van der Waals surface area contributed by atoms with Crippen LogP contribution in [0.2, 0.25) is 0 Å². The van der Waals surface area contributed by atoms with Gasteiger partial charge in [-0.3, -0.25) is 9.69 Å². The van der Waals surface area contributed by atoms with Crippen molar-refractivity contribution in [1.29, 1.82) is 5.26 Å². The molecule has 0 spiro atoms. The van der Waals surface area contributed by atoms with Gasteiger partial charge in [-0.15, -0.1) is 0 Å². The molecule has 0 saturated carbocycles. The van der Waals surface area contributed by atoms with Crippen LogP contribution in [0.3, 0.4) is 0 Å². The Bertz CT molecular complexity index is 476. The van der Waals surface area contributed by atoms with Gasteiger partial charge in [0.15, 0.2) is 0 Å². The van der Waals surface area contributed by atoms with Gasteiger partial charge in [-0.2, -0.15) is 5.26 Å². The zero-order chi connectivity index (χ0) is 13.7. The number of carboxylic acid groups (broad SMARTS) is 1. The second-order valence-electron chi connectivity index (χ2n) is 4.98. The van der Waals surface area contributed by atoms with E-state index in [2.05, 4.69) is 6.07 Å². The number of nitriles is 1. The van der Waals surface area contributed by atoms with Gasteiger partial charge in [0.2, 0.25) is 0 Å². The first kappa shape index (κ1) is 13.6. The molecule has 1 unspecified atom stereocenters. The van der Waals surface area contributed by atoms with E-state index in [1.807, 2.05) is 17.0 Å². The summed E-state index contributed by atoms with van der Waals surface area (Å²) in [5.74, 6) is -0.726. The number of aliphatic carboxylic acids is 1. The summed E-state index contributed by atoms with van der Waals surface area (Å²) in [6.45, 7) is 1.47. The molecule has 0 aliphatic carbocycles. The van der Waals surface area contributed by atoms with Crippen molar-refractivity contribution in [2.24, 2.45) is 0 Å². The summed E-state index contributed by atoms with van der Waals surface area (Å²) in [6, 6.07) is 9.08.